The third kappa shape index (κ3) is 24.9. The fourth-order valence-electron chi connectivity index (χ4n) is 6.57. The maximum Gasteiger partial charge on any atom is 0.407 e. The molecule has 0 aromatic heterocycles. The molecule has 0 aliphatic rings. The van der Waals surface area contributed by atoms with Crippen molar-refractivity contribution in [2.24, 2.45) is 0 Å². The van der Waals surface area contributed by atoms with E-state index >= 15 is 0 Å². The van der Waals surface area contributed by atoms with Gasteiger partial charge < -0.3 is 70.3 Å². The summed E-state index contributed by atoms with van der Waals surface area (Å²) in [6, 6.07) is 18.0. The fraction of sp³-hybridized carbons (Fsp3) is 0.532. The van der Waals surface area contributed by atoms with Crippen LogP contribution in [0.1, 0.15) is 63.4 Å². The van der Waals surface area contributed by atoms with Crippen LogP contribution in [0.4, 0.5) is 4.79 Å². The molecule has 0 unspecified atom stereocenters. The Morgan fingerprint density at radius 1 is 0.449 bits per heavy atom. The Kier molecular flexibility index (Phi) is 27.3. The van der Waals surface area contributed by atoms with Crippen LogP contribution in [0.2, 0.25) is 0 Å². The van der Waals surface area contributed by atoms with Crippen molar-refractivity contribution in [2.45, 2.75) is 69.9 Å². The van der Waals surface area contributed by atoms with Crippen LogP contribution in [-0.2, 0) is 68.6 Å². The van der Waals surface area contributed by atoms with Gasteiger partial charge in [0.05, 0.1) is 85.3 Å². The number of carbonyl (C=O) groups is 8. The second kappa shape index (κ2) is 33.1. The molecular formula is C47H65N5O17. The van der Waals surface area contributed by atoms with Gasteiger partial charge in [0.15, 0.2) is 0 Å². The molecule has 0 aliphatic carbocycles. The van der Waals surface area contributed by atoms with Gasteiger partial charge in [-0.25, -0.2) is 4.79 Å². The molecule has 22 heteroatoms. The molecule has 0 radical (unpaired) electrons. The van der Waals surface area contributed by atoms with Crippen molar-refractivity contribution in [2.75, 3.05) is 92.2 Å². The summed E-state index contributed by atoms with van der Waals surface area (Å²) in [6.45, 7) is -0.0423. The van der Waals surface area contributed by atoms with Crippen LogP contribution < -0.4 is 26.6 Å². The van der Waals surface area contributed by atoms with Crippen LogP contribution in [0.25, 0.3) is 21.5 Å². The first kappa shape index (κ1) is 56.9. The van der Waals surface area contributed by atoms with Gasteiger partial charge >= 0.3 is 24.0 Å². The summed E-state index contributed by atoms with van der Waals surface area (Å²) < 4.78 is 32.8. The van der Waals surface area contributed by atoms with Crippen molar-refractivity contribution >= 4 is 69.2 Å². The summed E-state index contributed by atoms with van der Waals surface area (Å²) >= 11 is 0. The van der Waals surface area contributed by atoms with E-state index < -0.39 is 35.4 Å². The minimum Gasteiger partial charge on any atom is -0.481 e. The van der Waals surface area contributed by atoms with Gasteiger partial charge in [-0.05, 0) is 40.5 Å². The number of nitrogens with one attached hydrogen (secondary N) is 5. The first-order valence-electron chi connectivity index (χ1n) is 22.7. The lowest BCUT2D eigenvalue weighted by molar-refractivity contribution is -0.140. The average Bonchev–Trinajstić information content (AvgIpc) is 3.31. The zero-order valence-corrected chi connectivity index (χ0v) is 38.7. The Balaban J connectivity index is 1.18. The number of rotatable bonds is 38. The molecule has 8 N–H and O–H groups in total. The highest BCUT2D eigenvalue weighted by molar-refractivity contribution is 6.02. The Labute approximate surface area is 399 Å². The lowest BCUT2D eigenvalue weighted by Crippen LogP contribution is -2.59. The van der Waals surface area contributed by atoms with Gasteiger partial charge in [0.25, 0.3) is 0 Å². The monoisotopic (exact) mass is 971 g/mol. The lowest BCUT2D eigenvalue weighted by atomic mass is 9.97. The summed E-state index contributed by atoms with van der Waals surface area (Å²) in [5.74, 6) is -4.60. The molecule has 3 rings (SSSR count). The zero-order chi connectivity index (χ0) is 50.1. The number of carbonyl (C=O) groups excluding carboxylic acids is 5. The molecular weight excluding hydrogens is 907 g/mol. The molecule has 0 heterocycles. The van der Waals surface area contributed by atoms with E-state index in [2.05, 4.69) is 32.7 Å². The number of amides is 5. The Morgan fingerprint density at radius 2 is 0.855 bits per heavy atom. The molecule has 0 atom stereocenters. The Hall–Kier alpha value is -6.46. The maximum atomic E-state index is 12.9. The molecule has 69 heavy (non-hydrogen) atoms. The van der Waals surface area contributed by atoms with Crippen molar-refractivity contribution in [3.8, 4) is 0 Å². The smallest absolute Gasteiger partial charge is 0.407 e. The molecule has 0 spiro atoms. The van der Waals surface area contributed by atoms with Gasteiger partial charge in [-0.3, -0.25) is 33.6 Å². The van der Waals surface area contributed by atoms with E-state index in [4.69, 9.17) is 43.7 Å². The molecule has 0 bridgehead atoms. The van der Waals surface area contributed by atoms with E-state index in [1.165, 1.54) is 0 Å². The molecule has 3 aromatic rings. The van der Waals surface area contributed by atoms with Crippen molar-refractivity contribution in [1.29, 1.82) is 0 Å². The number of carboxylic acid groups (broad SMARTS) is 3. The topological polar surface area (TPSA) is 313 Å². The van der Waals surface area contributed by atoms with E-state index in [1.54, 1.807) is 0 Å². The van der Waals surface area contributed by atoms with Crippen LogP contribution in [0.3, 0.4) is 0 Å². The second-order valence-electron chi connectivity index (χ2n) is 15.7. The zero-order valence-electron chi connectivity index (χ0n) is 38.7. The first-order valence-corrected chi connectivity index (χ1v) is 22.7. The van der Waals surface area contributed by atoms with Crippen molar-refractivity contribution in [1.82, 2.24) is 26.6 Å². The predicted molar refractivity (Wildman–Crippen MR) is 248 cm³/mol. The molecule has 3 aromatic carbocycles. The number of carboxylic acids is 3. The van der Waals surface area contributed by atoms with Crippen LogP contribution in [0.5, 0.6) is 0 Å². The maximum absolute atomic E-state index is 12.9. The van der Waals surface area contributed by atoms with E-state index in [1.807, 2.05) is 48.5 Å². The van der Waals surface area contributed by atoms with Gasteiger partial charge in [-0.2, -0.15) is 0 Å². The van der Waals surface area contributed by atoms with Crippen LogP contribution in [0, 0.1) is 0 Å². The number of ether oxygens (including phenoxy) is 6. The number of benzene rings is 3. The number of alkyl carbamates (subject to hydrolysis) is 1. The van der Waals surface area contributed by atoms with Crippen molar-refractivity contribution in [3.05, 3.63) is 60.2 Å². The van der Waals surface area contributed by atoms with Gasteiger partial charge in [0.1, 0.15) is 12.1 Å². The minimum absolute atomic E-state index is 0.0479. The highest BCUT2D eigenvalue weighted by Gasteiger charge is 2.34. The minimum atomic E-state index is -1.41. The van der Waals surface area contributed by atoms with Crippen LogP contribution >= 0.6 is 0 Å². The molecule has 22 nitrogen and oxygen atoms in total. The van der Waals surface area contributed by atoms with Gasteiger partial charge in [-0.1, -0.05) is 48.5 Å². The first-order chi connectivity index (χ1) is 33.3. The molecule has 0 aliphatic heterocycles. The largest absolute Gasteiger partial charge is 0.481 e. The number of hydrogen-bond acceptors (Lipinski definition) is 14. The normalized spacial score (nSPS) is 11.2. The molecule has 0 saturated carbocycles. The number of hydrogen-bond donors (Lipinski definition) is 8. The summed E-state index contributed by atoms with van der Waals surface area (Å²) in [5, 5.41) is 44.5. The van der Waals surface area contributed by atoms with Crippen LogP contribution in [0.15, 0.2) is 54.6 Å². The third-order valence-corrected chi connectivity index (χ3v) is 9.99. The second-order valence-corrected chi connectivity index (χ2v) is 15.7. The Morgan fingerprint density at radius 3 is 1.33 bits per heavy atom. The van der Waals surface area contributed by atoms with Crippen molar-refractivity contribution in [3.63, 3.8) is 0 Å². The van der Waals surface area contributed by atoms with E-state index in [0.29, 0.717) is 12.8 Å². The highest BCUT2D eigenvalue weighted by atomic mass is 16.5. The van der Waals surface area contributed by atoms with Crippen molar-refractivity contribution < 1.29 is 82.1 Å². The summed E-state index contributed by atoms with van der Waals surface area (Å²) in [6.07, 6.45) is -0.476. The van der Waals surface area contributed by atoms with E-state index in [0.717, 1.165) is 27.1 Å². The predicted octanol–water partition coefficient (Wildman–Crippen LogP) is 2.27. The summed E-state index contributed by atoms with van der Waals surface area (Å²) in [7, 11) is 0. The lowest BCUT2D eigenvalue weighted by Gasteiger charge is -2.34. The molecule has 380 valence electrons. The number of aliphatic carboxylic acids is 3. The SMILES string of the molecule is O=C(O)CCOCC(COCCC(=O)O)(COCCC(=O)O)NC(=O)CCOCCNC(=O)CCCNC(=O)CCOCCNC(=O)CCCNC(=O)OCc1c2ccccc2cc2ccccc12. The third-order valence-electron chi connectivity index (χ3n) is 9.99. The molecule has 0 saturated heterocycles. The average molecular weight is 972 g/mol. The summed E-state index contributed by atoms with van der Waals surface area (Å²) in [5.41, 5.74) is -0.480. The van der Waals surface area contributed by atoms with Gasteiger partial charge in [0, 0.05) is 57.4 Å². The van der Waals surface area contributed by atoms with Gasteiger partial charge in [0.2, 0.25) is 23.6 Å². The standard InChI is InChI=1S/C47H65N5O17/c53-39(49-21-28-65-23-14-42(56)52-47(31-66-24-15-43(57)58,32-67-25-16-44(59)60)33-68-26-17-45(61)62)11-5-18-48-41(55)13-22-64-27-20-50-40(54)12-6-19-51-46(63)69-30-38-36-9-3-1-7-34(36)29-35-8-2-4-10-37(35)38/h1-4,7-10,29H,5-6,11-28,30-33H2,(H,48,55)(H,49,53)(H,50,54)(H,51,63)(H,52,56)(H,57,58)(H,59,60)(H,61,62). The van der Waals surface area contributed by atoms with E-state index in [-0.39, 0.29) is 162 Å². The summed E-state index contributed by atoms with van der Waals surface area (Å²) in [4.78, 5) is 94.7. The van der Waals surface area contributed by atoms with E-state index in [9.17, 15) is 38.4 Å². The van der Waals surface area contributed by atoms with Gasteiger partial charge in [-0.15, -0.1) is 0 Å². The number of fused-ring (bicyclic) bond motifs is 2. The Bertz CT molecular complexity index is 2010. The van der Waals surface area contributed by atoms with Crippen LogP contribution in [-0.4, -0.2) is 161 Å². The fourth-order valence-corrected chi connectivity index (χ4v) is 6.57. The highest BCUT2D eigenvalue weighted by Crippen LogP contribution is 2.29. The molecule has 5 amide bonds. The molecule has 0 fully saturated rings. The quantitative estimate of drug-likeness (QED) is 0.0302.